The monoisotopic (exact) mass is 457 g/mol. The van der Waals surface area contributed by atoms with Crippen molar-refractivity contribution in [1.82, 2.24) is 9.97 Å². The summed E-state index contributed by atoms with van der Waals surface area (Å²) in [5, 5.41) is 11.7. The molecule has 0 bridgehead atoms. The zero-order valence-corrected chi connectivity index (χ0v) is 19.6. The summed E-state index contributed by atoms with van der Waals surface area (Å²) in [7, 11) is 0. The van der Waals surface area contributed by atoms with Crippen LogP contribution in [0.3, 0.4) is 0 Å². The van der Waals surface area contributed by atoms with Crippen molar-refractivity contribution in [3.63, 3.8) is 0 Å². The molecule has 0 spiro atoms. The van der Waals surface area contributed by atoms with E-state index in [1.807, 2.05) is 43.3 Å². The fourth-order valence-electron chi connectivity index (χ4n) is 3.67. The van der Waals surface area contributed by atoms with Gasteiger partial charge in [0.2, 0.25) is 0 Å². The Bertz CT molecular complexity index is 1370. The number of nitrogens with zero attached hydrogens (tertiary/aromatic N) is 1. The van der Waals surface area contributed by atoms with E-state index in [-0.39, 0.29) is 11.3 Å². The first-order chi connectivity index (χ1) is 16.1. The molecule has 4 rings (SSSR count). The maximum Gasteiger partial charge on any atom is 0.341 e. The minimum absolute atomic E-state index is 0.0517. The summed E-state index contributed by atoms with van der Waals surface area (Å²) in [6.07, 6.45) is 0. The van der Waals surface area contributed by atoms with E-state index in [9.17, 15) is 9.59 Å². The molecule has 1 heterocycles. The van der Waals surface area contributed by atoms with Gasteiger partial charge in [-0.3, -0.25) is 4.79 Å². The number of amides is 1. The second-order valence-electron chi connectivity index (χ2n) is 9.26. The van der Waals surface area contributed by atoms with E-state index in [1.54, 1.807) is 24.3 Å². The Morgan fingerprint density at radius 2 is 1.76 bits per heavy atom. The predicted octanol–water partition coefficient (Wildman–Crippen LogP) is 5.55. The lowest BCUT2D eigenvalue weighted by Gasteiger charge is -2.19. The molecule has 3 N–H and O–H groups in total. The molecule has 0 radical (unpaired) electrons. The minimum Gasteiger partial charge on any atom is -0.482 e. The Morgan fingerprint density at radius 3 is 2.41 bits per heavy atom. The van der Waals surface area contributed by atoms with E-state index in [4.69, 9.17) is 9.84 Å². The number of imidazole rings is 1. The SMILES string of the molecule is Cc1cc(OCC(=O)O)ccc1-c1nc2ccc(C(=O)Nc3ccc(C(C)(C)C)cc3)cc2[nH]1. The van der Waals surface area contributed by atoms with Gasteiger partial charge in [-0.05, 0) is 72.0 Å². The van der Waals surface area contributed by atoms with Gasteiger partial charge in [-0.2, -0.15) is 0 Å². The largest absolute Gasteiger partial charge is 0.482 e. The lowest BCUT2D eigenvalue weighted by molar-refractivity contribution is -0.139. The van der Waals surface area contributed by atoms with Gasteiger partial charge in [0.05, 0.1) is 11.0 Å². The quantitative estimate of drug-likeness (QED) is 0.352. The van der Waals surface area contributed by atoms with Crippen molar-refractivity contribution in [3.8, 4) is 17.1 Å². The molecule has 0 aliphatic heterocycles. The molecule has 0 fully saturated rings. The number of hydrogen-bond donors (Lipinski definition) is 3. The van der Waals surface area contributed by atoms with Crippen LogP contribution in [0, 0.1) is 6.92 Å². The van der Waals surface area contributed by atoms with Crippen molar-refractivity contribution >= 4 is 28.6 Å². The number of benzene rings is 3. The van der Waals surface area contributed by atoms with Gasteiger partial charge < -0.3 is 20.1 Å². The minimum atomic E-state index is -1.03. The van der Waals surface area contributed by atoms with Crippen LogP contribution in [0.25, 0.3) is 22.4 Å². The van der Waals surface area contributed by atoms with E-state index in [1.165, 1.54) is 5.56 Å². The molecule has 7 heteroatoms. The van der Waals surface area contributed by atoms with Crippen LogP contribution in [0.2, 0.25) is 0 Å². The molecular formula is C27H27N3O4. The van der Waals surface area contributed by atoms with Crippen molar-refractivity contribution in [2.75, 3.05) is 11.9 Å². The number of carboxylic acid groups (broad SMARTS) is 1. The standard InChI is InChI=1S/C27H27N3O4/c1-16-13-20(34-15-24(31)32)10-11-21(16)25-29-22-12-5-17(14-23(22)30-25)26(33)28-19-8-6-18(7-9-19)27(2,3)4/h5-14H,15H2,1-4H3,(H,28,33)(H,29,30)(H,31,32). The molecule has 4 aromatic rings. The number of carbonyl (C=O) groups is 2. The molecule has 34 heavy (non-hydrogen) atoms. The van der Waals surface area contributed by atoms with Crippen LogP contribution in [0.1, 0.15) is 42.3 Å². The first-order valence-electron chi connectivity index (χ1n) is 11.0. The molecule has 7 nitrogen and oxygen atoms in total. The molecule has 0 aliphatic carbocycles. The first-order valence-corrected chi connectivity index (χ1v) is 11.0. The fourth-order valence-corrected chi connectivity index (χ4v) is 3.67. The van der Waals surface area contributed by atoms with Crippen molar-refractivity contribution in [1.29, 1.82) is 0 Å². The number of H-pyrrole nitrogens is 1. The molecule has 0 aliphatic rings. The van der Waals surface area contributed by atoms with E-state index in [2.05, 4.69) is 36.1 Å². The van der Waals surface area contributed by atoms with Crippen molar-refractivity contribution in [2.24, 2.45) is 0 Å². The van der Waals surface area contributed by atoms with Gasteiger partial charge in [0.1, 0.15) is 11.6 Å². The summed E-state index contributed by atoms with van der Waals surface area (Å²) < 4.78 is 5.24. The van der Waals surface area contributed by atoms with Crippen LogP contribution >= 0.6 is 0 Å². The maximum absolute atomic E-state index is 12.8. The highest BCUT2D eigenvalue weighted by atomic mass is 16.5. The summed E-state index contributed by atoms with van der Waals surface area (Å²) in [6, 6.07) is 18.5. The molecule has 1 amide bonds. The highest BCUT2D eigenvalue weighted by Gasteiger charge is 2.15. The van der Waals surface area contributed by atoms with Crippen LogP contribution < -0.4 is 10.1 Å². The summed E-state index contributed by atoms with van der Waals surface area (Å²) in [5.41, 5.74) is 5.76. The third kappa shape index (κ3) is 5.09. The summed E-state index contributed by atoms with van der Waals surface area (Å²) in [6.45, 7) is 7.96. The smallest absolute Gasteiger partial charge is 0.341 e. The van der Waals surface area contributed by atoms with E-state index < -0.39 is 12.6 Å². The lowest BCUT2D eigenvalue weighted by atomic mass is 9.87. The Morgan fingerprint density at radius 1 is 1.03 bits per heavy atom. The average Bonchev–Trinajstić information content (AvgIpc) is 3.20. The molecule has 0 saturated carbocycles. The number of aryl methyl sites for hydroxylation is 1. The Balaban J connectivity index is 1.53. The average molecular weight is 458 g/mol. The number of fused-ring (bicyclic) bond motifs is 1. The number of carboxylic acids is 1. The van der Waals surface area contributed by atoms with Crippen LogP contribution in [-0.4, -0.2) is 33.6 Å². The van der Waals surface area contributed by atoms with Crippen LogP contribution in [-0.2, 0) is 10.2 Å². The molecule has 0 atom stereocenters. The third-order valence-corrected chi connectivity index (χ3v) is 5.57. The normalized spacial score (nSPS) is 11.4. The second kappa shape index (κ2) is 9.02. The number of ether oxygens (including phenoxy) is 1. The topological polar surface area (TPSA) is 104 Å². The molecule has 0 saturated heterocycles. The van der Waals surface area contributed by atoms with E-state index in [0.29, 0.717) is 17.1 Å². The van der Waals surface area contributed by atoms with Crippen LogP contribution in [0.4, 0.5) is 5.69 Å². The van der Waals surface area contributed by atoms with E-state index in [0.717, 1.165) is 27.8 Å². The van der Waals surface area contributed by atoms with Gasteiger partial charge in [-0.15, -0.1) is 0 Å². The number of anilines is 1. The van der Waals surface area contributed by atoms with E-state index >= 15 is 0 Å². The highest BCUT2D eigenvalue weighted by Crippen LogP contribution is 2.28. The number of aromatic amines is 1. The van der Waals surface area contributed by atoms with Gasteiger partial charge in [0, 0.05) is 16.8 Å². The summed E-state index contributed by atoms with van der Waals surface area (Å²) >= 11 is 0. The fraction of sp³-hybridized carbons (Fsp3) is 0.222. The molecule has 1 aromatic heterocycles. The number of aliphatic carboxylic acids is 1. The number of nitrogens with one attached hydrogen (secondary N) is 2. The maximum atomic E-state index is 12.8. The van der Waals surface area contributed by atoms with Gasteiger partial charge in [0.15, 0.2) is 6.61 Å². The molecule has 174 valence electrons. The molecular weight excluding hydrogens is 430 g/mol. The lowest BCUT2D eigenvalue weighted by Crippen LogP contribution is -2.13. The van der Waals surface area contributed by atoms with Crippen molar-refractivity contribution in [3.05, 3.63) is 77.4 Å². The third-order valence-electron chi connectivity index (χ3n) is 5.57. The van der Waals surface area contributed by atoms with Crippen LogP contribution in [0.5, 0.6) is 5.75 Å². The van der Waals surface area contributed by atoms with Crippen molar-refractivity contribution in [2.45, 2.75) is 33.1 Å². The van der Waals surface area contributed by atoms with Gasteiger partial charge in [-0.1, -0.05) is 32.9 Å². The summed E-state index contributed by atoms with van der Waals surface area (Å²) in [4.78, 5) is 31.4. The molecule has 3 aromatic carbocycles. The Kier molecular flexibility index (Phi) is 6.11. The number of hydrogen-bond acceptors (Lipinski definition) is 4. The molecule has 0 unspecified atom stereocenters. The highest BCUT2D eigenvalue weighted by molar-refractivity contribution is 6.06. The number of rotatable bonds is 6. The van der Waals surface area contributed by atoms with Gasteiger partial charge in [0.25, 0.3) is 5.91 Å². The number of carbonyl (C=O) groups excluding carboxylic acids is 1. The zero-order chi connectivity index (χ0) is 24.5. The summed E-state index contributed by atoms with van der Waals surface area (Å²) in [5.74, 6) is -0.0830. The Hall–Kier alpha value is -4.13. The van der Waals surface area contributed by atoms with Crippen molar-refractivity contribution < 1.29 is 19.4 Å². The Labute approximate surface area is 197 Å². The first kappa shape index (κ1) is 23.0. The predicted molar refractivity (Wildman–Crippen MR) is 132 cm³/mol. The second-order valence-corrected chi connectivity index (χ2v) is 9.26. The number of aromatic nitrogens is 2. The zero-order valence-electron chi connectivity index (χ0n) is 19.6. The van der Waals surface area contributed by atoms with Crippen LogP contribution in [0.15, 0.2) is 60.7 Å². The van der Waals surface area contributed by atoms with Gasteiger partial charge >= 0.3 is 5.97 Å². The van der Waals surface area contributed by atoms with Gasteiger partial charge in [-0.25, -0.2) is 9.78 Å².